The Morgan fingerprint density at radius 3 is 2.32 bits per heavy atom. The van der Waals surface area contributed by atoms with Gasteiger partial charge < -0.3 is 31.3 Å². The summed E-state index contributed by atoms with van der Waals surface area (Å²) in [6.07, 6.45) is -4.18. The van der Waals surface area contributed by atoms with Crippen molar-refractivity contribution in [3.8, 4) is 5.75 Å². The molecule has 34 heavy (non-hydrogen) atoms. The molecule has 0 aliphatic heterocycles. The third-order valence-electron chi connectivity index (χ3n) is 7.16. The lowest BCUT2D eigenvalue weighted by Crippen LogP contribution is -2.78. The number of phenolic OH excluding ortho intramolecular Hbond substituents is 1. The first-order chi connectivity index (χ1) is 15.6. The molecule has 7 N–H and O–H groups in total. The largest absolute Gasteiger partial charge is 0.508 e. The molecule has 1 fully saturated rings. The second kappa shape index (κ2) is 7.61. The number of primary amides is 1. The molecule has 0 radical (unpaired) electrons. The van der Waals surface area contributed by atoms with Crippen LogP contribution in [0.3, 0.4) is 0 Å². The number of hydrogen-bond acceptors (Lipinski definition) is 9. The summed E-state index contributed by atoms with van der Waals surface area (Å²) in [6.45, 7) is 3.94. The van der Waals surface area contributed by atoms with E-state index in [1.807, 2.05) is 0 Å². The molecule has 1 saturated carbocycles. The van der Waals surface area contributed by atoms with Crippen LogP contribution in [0.25, 0.3) is 5.57 Å². The highest BCUT2D eigenvalue weighted by atomic mass is 79.9. The van der Waals surface area contributed by atoms with Crippen molar-refractivity contribution in [1.29, 1.82) is 0 Å². The fraction of sp³-hybridized carbons (Fsp3) is 0.409. The number of phenols is 1. The van der Waals surface area contributed by atoms with Crippen molar-refractivity contribution in [2.45, 2.75) is 28.7 Å². The second-order valence-corrected chi connectivity index (χ2v) is 10.5. The molecule has 12 heteroatoms. The Hall–Kier alpha value is -2.28. The van der Waals surface area contributed by atoms with Crippen LogP contribution >= 0.6 is 27.5 Å². The molecule has 1 aromatic carbocycles. The maximum absolute atomic E-state index is 13.7. The van der Waals surface area contributed by atoms with Crippen LogP contribution in [0.4, 0.5) is 0 Å². The van der Waals surface area contributed by atoms with Crippen molar-refractivity contribution in [2.24, 2.45) is 17.6 Å². The fourth-order valence-electron chi connectivity index (χ4n) is 5.71. The highest BCUT2D eigenvalue weighted by Crippen LogP contribution is 2.60. The number of amides is 1. The number of aliphatic hydroxyl groups excluding tert-OH is 3. The van der Waals surface area contributed by atoms with Gasteiger partial charge in [0, 0.05) is 21.9 Å². The topological polar surface area (TPSA) is 182 Å². The summed E-state index contributed by atoms with van der Waals surface area (Å²) in [5.74, 6) is -8.28. The number of aromatic hydroxyl groups is 1. The number of alkyl halides is 1. The number of fused-ring (bicyclic) bond motifs is 3. The summed E-state index contributed by atoms with van der Waals surface area (Å²) in [6, 6.07) is 1.23. The van der Waals surface area contributed by atoms with Gasteiger partial charge in [-0.05, 0) is 31.8 Å². The highest BCUT2D eigenvalue weighted by molar-refractivity contribution is 9.10. The molecule has 1 amide bonds. The minimum atomic E-state index is -2.93. The Bertz CT molecular complexity index is 1220. The average molecular weight is 558 g/mol. The van der Waals surface area contributed by atoms with Gasteiger partial charge in [-0.25, -0.2) is 0 Å². The predicted octanol–water partition coefficient (Wildman–Crippen LogP) is -0.149. The van der Waals surface area contributed by atoms with Crippen LogP contribution in [-0.4, -0.2) is 90.7 Å². The van der Waals surface area contributed by atoms with Crippen molar-refractivity contribution in [1.82, 2.24) is 4.90 Å². The summed E-state index contributed by atoms with van der Waals surface area (Å²) < 4.78 is 0.350. The number of Topliss-reactive ketones (excluding diaryl/α,β-unsaturated/α-hetero) is 2. The van der Waals surface area contributed by atoms with Gasteiger partial charge in [-0.3, -0.25) is 19.3 Å². The van der Waals surface area contributed by atoms with Gasteiger partial charge in [0.15, 0.2) is 17.2 Å². The van der Waals surface area contributed by atoms with Gasteiger partial charge in [-0.15, -0.1) is 11.6 Å². The zero-order valence-electron chi connectivity index (χ0n) is 18.0. The maximum Gasteiger partial charge on any atom is 0.255 e. The molecule has 0 aromatic heterocycles. The van der Waals surface area contributed by atoms with Gasteiger partial charge in [-0.1, -0.05) is 22.5 Å². The molecule has 2 unspecified atom stereocenters. The van der Waals surface area contributed by atoms with Gasteiger partial charge in [0.2, 0.25) is 0 Å². The lowest BCUT2D eigenvalue weighted by atomic mass is 9.51. The SMILES string of the molecule is C=C1c2c(Br)ccc(O)c2C(=O)C2(Cl)C(O)[C@]3(O)C(O)=C(C(N)=O)C(=O)[C@@H](N(C)C)[C@@H]3[C@@H](O)[C@H]12. The van der Waals surface area contributed by atoms with E-state index in [4.69, 9.17) is 17.3 Å². The summed E-state index contributed by atoms with van der Waals surface area (Å²) in [5, 5.41) is 56.0. The highest BCUT2D eigenvalue weighted by Gasteiger charge is 2.75. The molecule has 1 aromatic rings. The standard InChI is InChI=1S/C22H22BrClN2O8/c1-6-9-7(23)4-5-8(27)10(9)17(30)21(24)12(6)16(29)13-14(26(2)3)15(28)11(19(25)32)18(31)22(13,34)20(21)33/h4-5,12-14,16,20,27,29,31,33-34H,1H2,2-3H3,(H2,25,32)/t12-,13+,14-,16-,20?,21?,22+/m0/s1. The second-order valence-electron chi connectivity index (χ2n) is 9.02. The molecule has 4 rings (SSSR count). The maximum atomic E-state index is 13.7. The number of nitrogens with two attached hydrogens (primary N) is 1. The number of ketones is 2. The number of nitrogens with zero attached hydrogens (tertiary/aromatic N) is 1. The number of aliphatic hydroxyl groups is 4. The fourth-order valence-corrected chi connectivity index (χ4v) is 6.81. The van der Waals surface area contributed by atoms with Crippen molar-refractivity contribution in [3.63, 3.8) is 0 Å². The molecule has 10 nitrogen and oxygen atoms in total. The van der Waals surface area contributed by atoms with Crippen LogP contribution in [0, 0.1) is 11.8 Å². The number of benzene rings is 1. The van der Waals surface area contributed by atoms with Crippen LogP contribution in [0.2, 0.25) is 0 Å². The van der Waals surface area contributed by atoms with Crippen LogP contribution in [0.1, 0.15) is 15.9 Å². The van der Waals surface area contributed by atoms with E-state index in [0.29, 0.717) is 4.47 Å². The van der Waals surface area contributed by atoms with Gasteiger partial charge in [0.1, 0.15) is 28.1 Å². The summed E-state index contributed by atoms with van der Waals surface area (Å²) in [5.41, 5.74) is 1.26. The zero-order valence-corrected chi connectivity index (χ0v) is 20.3. The number of carbonyl (C=O) groups excluding carboxylic acids is 3. The number of halogens is 2. The smallest absolute Gasteiger partial charge is 0.255 e. The molecular weight excluding hydrogens is 536 g/mol. The predicted molar refractivity (Wildman–Crippen MR) is 123 cm³/mol. The molecule has 3 aliphatic rings. The van der Waals surface area contributed by atoms with Crippen molar-refractivity contribution in [2.75, 3.05) is 14.1 Å². The van der Waals surface area contributed by atoms with Gasteiger partial charge >= 0.3 is 0 Å². The van der Waals surface area contributed by atoms with E-state index in [-0.39, 0.29) is 16.7 Å². The van der Waals surface area contributed by atoms with Crippen molar-refractivity contribution < 1.29 is 39.9 Å². The molecule has 0 heterocycles. The number of likely N-dealkylation sites (N-methyl/N-ethyl adjacent to an activating group) is 1. The molecule has 3 aliphatic carbocycles. The molecule has 7 atom stereocenters. The average Bonchev–Trinajstić information content (AvgIpc) is 2.73. The summed E-state index contributed by atoms with van der Waals surface area (Å²) >= 11 is 10.0. The van der Waals surface area contributed by atoms with Crippen LogP contribution < -0.4 is 5.73 Å². The molecular formula is C22H22BrClN2O8. The molecule has 0 spiro atoms. The van der Waals surface area contributed by atoms with Crippen molar-refractivity contribution in [3.05, 3.63) is 45.6 Å². The van der Waals surface area contributed by atoms with Crippen LogP contribution in [-0.2, 0) is 9.59 Å². The zero-order chi connectivity index (χ0) is 25.7. The first kappa shape index (κ1) is 24.8. The molecule has 182 valence electrons. The van der Waals surface area contributed by atoms with Gasteiger partial charge in [0.05, 0.1) is 17.7 Å². The van der Waals surface area contributed by atoms with E-state index >= 15 is 0 Å². The minimum absolute atomic E-state index is 0.0510. The van der Waals surface area contributed by atoms with E-state index < -0.39 is 75.1 Å². The Kier molecular flexibility index (Phi) is 5.56. The Morgan fingerprint density at radius 2 is 1.79 bits per heavy atom. The van der Waals surface area contributed by atoms with Gasteiger partial charge in [-0.2, -0.15) is 0 Å². The monoisotopic (exact) mass is 556 g/mol. The third kappa shape index (κ3) is 2.73. The minimum Gasteiger partial charge on any atom is -0.508 e. The third-order valence-corrected chi connectivity index (χ3v) is 8.44. The molecule has 0 saturated heterocycles. The number of hydrogen-bond donors (Lipinski definition) is 6. The van der Waals surface area contributed by atoms with E-state index in [1.165, 1.54) is 31.1 Å². The van der Waals surface area contributed by atoms with Crippen LogP contribution in [0.5, 0.6) is 5.75 Å². The lowest BCUT2D eigenvalue weighted by molar-refractivity contribution is -0.205. The first-order valence-electron chi connectivity index (χ1n) is 10.1. The van der Waals surface area contributed by atoms with E-state index in [9.17, 15) is 39.9 Å². The quantitative estimate of drug-likeness (QED) is 0.213. The van der Waals surface area contributed by atoms with E-state index in [2.05, 4.69) is 22.5 Å². The summed E-state index contributed by atoms with van der Waals surface area (Å²) in [4.78, 5) is 37.6. The van der Waals surface area contributed by atoms with Gasteiger partial charge in [0.25, 0.3) is 5.91 Å². The Labute approximate surface area is 207 Å². The first-order valence-corrected chi connectivity index (χ1v) is 11.3. The van der Waals surface area contributed by atoms with E-state index in [1.54, 1.807) is 0 Å². The molecule has 0 bridgehead atoms. The number of carbonyl (C=O) groups is 3. The summed E-state index contributed by atoms with van der Waals surface area (Å²) in [7, 11) is 2.85. The van der Waals surface area contributed by atoms with Crippen LogP contribution in [0.15, 0.2) is 34.5 Å². The Balaban J connectivity index is 2.08. The number of rotatable bonds is 2. The normalized spacial score (nSPS) is 37.4. The lowest BCUT2D eigenvalue weighted by Gasteiger charge is -2.60. The Morgan fingerprint density at radius 1 is 1.21 bits per heavy atom. The van der Waals surface area contributed by atoms with E-state index in [0.717, 1.165) is 0 Å². The van der Waals surface area contributed by atoms with Crippen molar-refractivity contribution >= 4 is 50.6 Å².